The minimum atomic E-state index is -0.0475. The Kier molecular flexibility index (Phi) is 11.4. The number of pyridine rings is 2. The van der Waals surface area contributed by atoms with Crippen molar-refractivity contribution in [2.45, 2.75) is 52.4 Å². The smallest absolute Gasteiger partial charge is 0 e. The van der Waals surface area contributed by atoms with Crippen molar-refractivity contribution >= 4 is 64.0 Å². The van der Waals surface area contributed by atoms with Crippen LogP contribution in [0.15, 0.2) is 164 Å². The van der Waals surface area contributed by atoms with E-state index in [9.17, 15) is 0 Å². The van der Waals surface area contributed by atoms with Crippen LogP contribution in [0.4, 0.5) is 39.9 Å². The van der Waals surface area contributed by atoms with Crippen LogP contribution < -0.4 is 28.5 Å². The Morgan fingerprint density at radius 1 is 0.540 bits per heavy atom. The summed E-state index contributed by atoms with van der Waals surface area (Å²) in [4.78, 5) is 16.4. The summed E-state index contributed by atoms with van der Waals surface area (Å²) in [5, 5.41) is 0. The van der Waals surface area contributed by atoms with Gasteiger partial charge in [-0.2, -0.15) is 0 Å². The second-order valence-corrected chi connectivity index (χ2v) is 19.9. The molecule has 0 bridgehead atoms. The second kappa shape index (κ2) is 17.0. The Hall–Kier alpha value is -5.97. The van der Waals surface area contributed by atoms with E-state index in [1.807, 2.05) is 36.7 Å². The Morgan fingerprint density at radius 2 is 1.22 bits per heavy atom. The third kappa shape index (κ3) is 8.46. The summed E-state index contributed by atoms with van der Waals surface area (Å²) in [6.07, 6.45) is 3.77. The molecule has 0 spiro atoms. The van der Waals surface area contributed by atoms with Gasteiger partial charge in [0.1, 0.15) is 0 Å². The molecule has 2 aromatic heterocycles. The largest absolute Gasteiger partial charge is 0 e. The zero-order valence-corrected chi connectivity index (χ0v) is 40.0. The van der Waals surface area contributed by atoms with Crippen LogP contribution in [-0.4, -0.2) is 24.9 Å². The number of fused-ring (bicyclic) bond motifs is 3. The Morgan fingerprint density at radius 3 is 1.92 bits per heavy atom. The van der Waals surface area contributed by atoms with Crippen LogP contribution in [0.5, 0.6) is 11.5 Å². The first-order valence-electron chi connectivity index (χ1n) is 21.0. The van der Waals surface area contributed by atoms with Crippen molar-refractivity contribution in [2.75, 3.05) is 14.7 Å². The van der Waals surface area contributed by atoms with Gasteiger partial charge in [0.2, 0.25) is 0 Å². The van der Waals surface area contributed by atoms with Crippen molar-refractivity contribution in [1.29, 1.82) is 0 Å². The van der Waals surface area contributed by atoms with Crippen LogP contribution in [0, 0.1) is 18.8 Å². The SMILES string of the molecule is CC(C)(C)c1ccnc(N2c3[c-]c(Oc4[c-]c(N5[CH-]N(c6cc(-c7ccccc7)cc(-c7ccccc7)c6)c6ccc(C(C)(C)C)cc65)ccc4)ccc3[Se]c3ncccc32)c1.[Pt]. The van der Waals surface area contributed by atoms with Crippen molar-refractivity contribution in [2.24, 2.45) is 0 Å². The van der Waals surface area contributed by atoms with Gasteiger partial charge >= 0.3 is 240 Å². The number of benzene rings is 6. The normalized spacial score (nSPS) is 13.2. The molecule has 0 unspecified atom stereocenters. The summed E-state index contributed by atoms with van der Waals surface area (Å²) in [5.41, 5.74) is 13.1. The van der Waals surface area contributed by atoms with Gasteiger partial charge in [-0.1, -0.05) is 87.5 Å². The van der Waals surface area contributed by atoms with E-state index in [1.54, 1.807) is 0 Å². The van der Waals surface area contributed by atoms with Gasteiger partial charge in [-0.05, 0) is 45.9 Å². The number of nitrogens with zero attached hydrogens (tertiary/aromatic N) is 5. The molecule has 0 fully saturated rings. The predicted molar refractivity (Wildman–Crippen MR) is 256 cm³/mol. The number of rotatable bonds is 7. The number of hydrogen-bond acceptors (Lipinski definition) is 6. The summed E-state index contributed by atoms with van der Waals surface area (Å²) in [7, 11) is 0. The molecular weight excluding hydrogens is 1020 g/mol. The molecule has 2 aliphatic heterocycles. The van der Waals surface area contributed by atoms with E-state index in [2.05, 4.69) is 202 Å². The molecule has 6 nitrogen and oxygen atoms in total. The Labute approximate surface area is 392 Å². The third-order valence-corrected chi connectivity index (χ3v) is 13.6. The molecule has 0 amide bonds. The molecular formula is C55H46N5OPtSe-3. The number of aromatic nitrogens is 2. The maximum atomic E-state index is 6.68. The molecule has 2 aliphatic rings. The van der Waals surface area contributed by atoms with Gasteiger partial charge in [0.05, 0.1) is 0 Å². The van der Waals surface area contributed by atoms with E-state index in [0.29, 0.717) is 11.5 Å². The number of ether oxygens (including phenoxy) is 1. The van der Waals surface area contributed by atoms with Crippen LogP contribution in [0.2, 0.25) is 0 Å². The average Bonchev–Trinajstić information content (AvgIpc) is 3.68. The molecule has 4 heterocycles. The molecule has 0 atom stereocenters. The van der Waals surface area contributed by atoms with Gasteiger partial charge in [0.15, 0.2) is 0 Å². The van der Waals surface area contributed by atoms with E-state index in [4.69, 9.17) is 14.7 Å². The zero-order valence-electron chi connectivity index (χ0n) is 36.0. The molecule has 0 radical (unpaired) electrons. The Bertz CT molecular complexity index is 2890. The van der Waals surface area contributed by atoms with Crippen LogP contribution in [0.1, 0.15) is 52.7 Å². The average molecular weight is 1070 g/mol. The van der Waals surface area contributed by atoms with Gasteiger partial charge < -0.3 is 0 Å². The molecule has 8 aromatic rings. The summed E-state index contributed by atoms with van der Waals surface area (Å²) in [6, 6.07) is 60.8. The van der Waals surface area contributed by atoms with Gasteiger partial charge in [-0.15, -0.1) is 0 Å². The Balaban J connectivity index is 0.00000504. The molecule has 8 heteroatoms. The fourth-order valence-electron chi connectivity index (χ4n) is 7.98. The molecule has 0 N–H and O–H groups in total. The van der Waals surface area contributed by atoms with Gasteiger partial charge in [0, 0.05) is 21.1 Å². The van der Waals surface area contributed by atoms with Crippen LogP contribution in [-0.2, 0) is 31.9 Å². The second-order valence-electron chi connectivity index (χ2n) is 17.8. The molecule has 6 aromatic carbocycles. The van der Waals surface area contributed by atoms with E-state index >= 15 is 0 Å². The third-order valence-electron chi connectivity index (χ3n) is 11.4. The van der Waals surface area contributed by atoms with Crippen molar-refractivity contribution in [1.82, 2.24) is 9.97 Å². The standard InChI is InChI=1S/C55H46N5OSe.Pt/c1-54(2,3)41-22-24-47-49(32-41)58(36-59(47)44-30-39(37-15-9-7-10-16-37)29-40(31-44)38-17-11-8-12-18-38)43-19-13-20-45(34-43)61-46-23-25-51-50(35-46)60(48-21-14-27-57-53(48)62-51)52-33-42(26-28-56-52)55(4,5)6;/h7-33,36H,1-6H3;/q-3;. The minimum Gasteiger partial charge on any atom is 0 e. The zero-order chi connectivity index (χ0) is 42.6. The first-order chi connectivity index (χ1) is 30.0. The maximum Gasteiger partial charge on any atom is 0 e. The predicted octanol–water partition coefficient (Wildman–Crippen LogP) is 12.6. The van der Waals surface area contributed by atoms with E-state index in [-0.39, 0.29) is 46.9 Å². The first kappa shape index (κ1) is 42.3. The molecule has 10 rings (SSSR count). The van der Waals surface area contributed by atoms with Crippen molar-refractivity contribution in [3.05, 3.63) is 194 Å². The fraction of sp³-hybridized carbons (Fsp3) is 0.145. The molecule has 0 aliphatic carbocycles. The van der Waals surface area contributed by atoms with E-state index in [0.717, 1.165) is 55.7 Å². The van der Waals surface area contributed by atoms with Crippen LogP contribution in [0.25, 0.3) is 22.3 Å². The molecule has 0 saturated heterocycles. The summed E-state index contributed by atoms with van der Waals surface area (Å²) in [6.45, 7) is 15.6. The quantitative estimate of drug-likeness (QED) is 0.117. The van der Waals surface area contributed by atoms with E-state index in [1.165, 1.54) is 26.7 Å². The molecule has 0 saturated carbocycles. The summed E-state index contributed by atoms with van der Waals surface area (Å²) >= 11 is -0.00955. The molecule has 316 valence electrons. The van der Waals surface area contributed by atoms with Gasteiger partial charge in [0.25, 0.3) is 0 Å². The maximum absolute atomic E-state index is 6.68. The summed E-state index contributed by atoms with van der Waals surface area (Å²) < 4.78 is 8.91. The fourth-order valence-corrected chi connectivity index (χ4v) is 10.00. The van der Waals surface area contributed by atoms with Gasteiger partial charge in [-0.3, -0.25) is 0 Å². The minimum absolute atomic E-state index is 0. The van der Waals surface area contributed by atoms with Crippen LogP contribution >= 0.6 is 0 Å². The van der Waals surface area contributed by atoms with Crippen molar-refractivity contribution in [3.8, 4) is 33.8 Å². The summed E-state index contributed by atoms with van der Waals surface area (Å²) in [5.74, 6) is 2.03. The first-order valence-corrected chi connectivity index (χ1v) is 22.7. The van der Waals surface area contributed by atoms with E-state index < -0.39 is 0 Å². The van der Waals surface area contributed by atoms with Crippen molar-refractivity contribution in [3.63, 3.8) is 0 Å². The number of hydrogen-bond donors (Lipinski definition) is 0. The molecule has 63 heavy (non-hydrogen) atoms. The number of anilines is 7. The van der Waals surface area contributed by atoms with Crippen molar-refractivity contribution < 1.29 is 25.8 Å². The monoisotopic (exact) mass is 1070 g/mol. The topological polar surface area (TPSA) is 44.7 Å². The van der Waals surface area contributed by atoms with Crippen LogP contribution in [0.3, 0.4) is 0 Å². The van der Waals surface area contributed by atoms with Gasteiger partial charge in [-0.25, -0.2) is 0 Å².